The van der Waals surface area contributed by atoms with Crippen molar-refractivity contribution in [2.45, 2.75) is 26.7 Å². The summed E-state index contributed by atoms with van der Waals surface area (Å²) in [4.78, 5) is 25.4. The number of nitrogens with zero attached hydrogens (tertiary/aromatic N) is 1. The largest absolute Gasteiger partial charge is 0.285 e. The molecule has 24 heavy (non-hydrogen) atoms. The van der Waals surface area contributed by atoms with E-state index in [4.69, 9.17) is 4.28 Å². The third-order valence-electron chi connectivity index (χ3n) is 8.18. The van der Waals surface area contributed by atoms with Crippen LogP contribution in [0, 0.1) is 59.2 Å². The lowest BCUT2D eigenvalue weighted by Crippen LogP contribution is -2.43. The molecule has 7 heteroatoms. The smallest absolute Gasteiger partial charge is 0.272 e. The molecule has 4 aliphatic carbocycles. The Balaban J connectivity index is 1.50. The van der Waals surface area contributed by atoms with Crippen LogP contribution in [0.1, 0.15) is 26.7 Å². The Kier molecular flexibility index (Phi) is 2.82. The van der Waals surface area contributed by atoms with Crippen molar-refractivity contribution in [2.75, 3.05) is 6.26 Å². The lowest BCUT2D eigenvalue weighted by atomic mass is 9.60. The summed E-state index contributed by atoms with van der Waals surface area (Å²) in [6.07, 6.45) is 3.08. The standard InChI is InChI=1S/C17H23NO5S/c1-6-7(2)9-4-8(6)12-10-5-11(13(9)12)15-14(10)16(19)18(17(15)20)23-24(3,21)22/h6-15H,4-5H2,1-3H3. The summed E-state index contributed by atoms with van der Waals surface area (Å²) in [6.45, 7) is 4.66. The van der Waals surface area contributed by atoms with Gasteiger partial charge in [-0.2, -0.15) is 8.42 Å². The lowest BCUT2D eigenvalue weighted by molar-refractivity contribution is -0.166. The molecule has 4 saturated carbocycles. The number of imide groups is 1. The van der Waals surface area contributed by atoms with Crippen LogP contribution in [-0.4, -0.2) is 31.6 Å². The van der Waals surface area contributed by atoms with Crippen LogP contribution < -0.4 is 0 Å². The SMILES string of the molecule is CC1C(C)C2CC1C1C3CC(C4C(=O)N(OS(C)(=O)=O)C(=O)C34)C21. The molecule has 4 bridgehead atoms. The minimum atomic E-state index is -3.88. The van der Waals surface area contributed by atoms with Crippen LogP contribution in [0.2, 0.25) is 0 Å². The number of rotatable bonds is 2. The third-order valence-corrected chi connectivity index (χ3v) is 8.60. The van der Waals surface area contributed by atoms with E-state index in [0.29, 0.717) is 40.6 Å². The van der Waals surface area contributed by atoms with Crippen molar-refractivity contribution in [1.29, 1.82) is 0 Å². The average Bonchev–Trinajstić information content (AvgIpc) is 3.23. The fourth-order valence-electron chi connectivity index (χ4n) is 7.51. The van der Waals surface area contributed by atoms with Crippen molar-refractivity contribution in [3.8, 4) is 0 Å². The highest BCUT2D eigenvalue weighted by Gasteiger charge is 2.73. The average molecular weight is 353 g/mol. The Hall–Kier alpha value is -0.950. The van der Waals surface area contributed by atoms with Crippen molar-refractivity contribution in [3.63, 3.8) is 0 Å². The van der Waals surface area contributed by atoms with Gasteiger partial charge in [-0.1, -0.05) is 13.8 Å². The van der Waals surface area contributed by atoms with Gasteiger partial charge >= 0.3 is 0 Å². The molecule has 0 aromatic rings. The van der Waals surface area contributed by atoms with Gasteiger partial charge in [0.1, 0.15) is 0 Å². The Morgan fingerprint density at radius 2 is 1.29 bits per heavy atom. The molecule has 10 atom stereocenters. The van der Waals surface area contributed by atoms with Gasteiger partial charge in [0.05, 0.1) is 18.1 Å². The molecule has 5 fully saturated rings. The minimum Gasteiger partial charge on any atom is -0.272 e. The number of carbonyl (C=O) groups is 2. The molecule has 0 radical (unpaired) electrons. The monoisotopic (exact) mass is 353 g/mol. The van der Waals surface area contributed by atoms with Crippen LogP contribution in [0.3, 0.4) is 0 Å². The highest BCUT2D eigenvalue weighted by molar-refractivity contribution is 7.85. The Morgan fingerprint density at radius 1 is 0.875 bits per heavy atom. The third kappa shape index (κ3) is 1.63. The maximum atomic E-state index is 12.7. The molecule has 132 valence electrons. The summed E-state index contributed by atoms with van der Waals surface area (Å²) < 4.78 is 27.5. The van der Waals surface area contributed by atoms with Gasteiger partial charge in [-0.3, -0.25) is 9.59 Å². The van der Waals surface area contributed by atoms with Crippen molar-refractivity contribution in [3.05, 3.63) is 0 Å². The molecular formula is C17H23NO5S. The fraction of sp³-hybridized carbons (Fsp3) is 0.882. The molecule has 0 aromatic heterocycles. The lowest BCUT2D eigenvalue weighted by Gasteiger charge is -2.43. The maximum absolute atomic E-state index is 12.7. The predicted molar refractivity (Wildman–Crippen MR) is 83.3 cm³/mol. The molecule has 6 nitrogen and oxygen atoms in total. The van der Waals surface area contributed by atoms with Crippen LogP contribution in [0.4, 0.5) is 0 Å². The summed E-state index contributed by atoms with van der Waals surface area (Å²) in [5.41, 5.74) is 0. The van der Waals surface area contributed by atoms with Gasteiger partial charge in [0, 0.05) is 0 Å². The van der Waals surface area contributed by atoms with Crippen molar-refractivity contribution in [2.24, 2.45) is 59.2 Å². The molecular weight excluding hydrogens is 330 g/mol. The number of carbonyl (C=O) groups excluding carboxylic acids is 2. The second-order valence-corrected chi connectivity index (χ2v) is 10.4. The molecule has 0 aromatic carbocycles. The van der Waals surface area contributed by atoms with Gasteiger partial charge in [0.15, 0.2) is 0 Å². The molecule has 1 aliphatic heterocycles. The molecule has 2 amide bonds. The molecule has 1 heterocycles. The second-order valence-electron chi connectivity index (χ2n) is 8.80. The van der Waals surface area contributed by atoms with Crippen LogP contribution >= 0.6 is 0 Å². The van der Waals surface area contributed by atoms with E-state index >= 15 is 0 Å². The first-order valence-electron chi connectivity index (χ1n) is 8.98. The van der Waals surface area contributed by atoms with Gasteiger partial charge < -0.3 is 0 Å². The quantitative estimate of drug-likeness (QED) is 0.552. The second kappa shape index (κ2) is 4.41. The first-order chi connectivity index (χ1) is 11.2. The van der Waals surface area contributed by atoms with Crippen LogP contribution in [0.25, 0.3) is 0 Å². The topological polar surface area (TPSA) is 80.8 Å². The molecule has 1 saturated heterocycles. The molecule has 10 unspecified atom stereocenters. The van der Waals surface area contributed by atoms with Crippen molar-refractivity contribution in [1.82, 2.24) is 5.06 Å². The summed E-state index contributed by atoms with van der Waals surface area (Å²) in [7, 11) is -3.88. The van der Waals surface area contributed by atoms with Crippen LogP contribution in [-0.2, 0) is 24.0 Å². The van der Waals surface area contributed by atoms with E-state index in [2.05, 4.69) is 13.8 Å². The summed E-state index contributed by atoms with van der Waals surface area (Å²) >= 11 is 0. The van der Waals surface area contributed by atoms with Crippen LogP contribution in [0.5, 0.6) is 0 Å². The number of fused-ring (bicyclic) bond motifs is 12. The molecule has 5 rings (SSSR count). The van der Waals surface area contributed by atoms with E-state index in [9.17, 15) is 18.0 Å². The zero-order valence-electron chi connectivity index (χ0n) is 14.1. The highest BCUT2D eigenvalue weighted by Crippen LogP contribution is 2.73. The first kappa shape index (κ1) is 15.3. The highest BCUT2D eigenvalue weighted by atomic mass is 32.2. The van der Waals surface area contributed by atoms with Crippen molar-refractivity contribution < 1.29 is 22.3 Å². The summed E-state index contributed by atoms with van der Waals surface area (Å²) in [6, 6.07) is 0. The van der Waals surface area contributed by atoms with E-state index in [1.54, 1.807) is 0 Å². The fourth-order valence-corrected chi connectivity index (χ4v) is 7.93. The van der Waals surface area contributed by atoms with Gasteiger partial charge in [0.25, 0.3) is 21.9 Å². The van der Waals surface area contributed by atoms with E-state index < -0.39 is 21.9 Å². The number of hydrogen-bond donors (Lipinski definition) is 0. The maximum Gasteiger partial charge on any atom is 0.285 e. The normalized spacial score (nSPS) is 54.7. The van der Waals surface area contributed by atoms with E-state index in [-0.39, 0.29) is 23.7 Å². The summed E-state index contributed by atoms with van der Waals surface area (Å²) in [5.74, 6) is 2.70. The predicted octanol–water partition coefficient (Wildman–Crippen LogP) is 1.28. The Bertz CT molecular complexity index is 704. The van der Waals surface area contributed by atoms with E-state index in [1.807, 2.05) is 0 Å². The first-order valence-corrected chi connectivity index (χ1v) is 10.8. The van der Waals surface area contributed by atoms with E-state index in [0.717, 1.165) is 12.7 Å². The van der Waals surface area contributed by atoms with Gasteiger partial charge in [-0.25, -0.2) is 0 Å². The zero-order chi connectivity index (χ0) is 17.1. The summed E-state index contributed by atoms with van der Waals surface area (Å²) in [5, 5.41) is 0.555. The van der Waals surface area contributed by atoms with Crippen LogP contribution in [0.15, 0.2) is 0 Å². The molecule has 0 N–H and O–H groups in total. The van der Waals surface area contributed by atoms with Gasteiger partial charge in [-0.05, 0) is 60.2 Å². The van der Waals surface area contributed by atoms with Gasteiger partial charge in [-0.15, -0.1) is 9.35 Å². The zero-order valence-corrected chi connectivity index (χ0v) is 14.9. The minimum absolute atomic E-state index is 0.236. The molecule has 0 spiro atoms. The van der Waals surface area contributed by atoms with Crippen molar-refractivity contribution >= 4 is 21.9 Å². The Morgan fingerprint density at radius 3 is 1.71 bits per heavy atom. The van der Waals surface area contributed by atoms with Gasteiger partial charge in [0.2, 0.25) is 0 Å². The Labute approximate surface area is 142 Å². The number of hydroxylamine groups is 2. The van der Waals surface area contributed by atoms with E-state index in [1.165, 1.54) is 6.42 Å². The number of amides is 2. The molecule has 5 aliphatic rings. The number of hydrogen-bond acceptors (Lipinski definition) is 5.